The molecule has 0 aromatic heterocycles. The predicted octanol–water partition coefficient (Wildman–Crippen LogP) is 1.07. The number of carbonyl (C=O) groups is 3. The second-order valence-electron chi connectivity index (χ2n) is 9.00. The highest BCUT2D eigenvalue weighted by molar-refractivity contribution is 6.05. The molecule has 4 heterocycles. The topological polar surface area (TPSA) is 90.5 Å². The summed E-state index contributed by atoms with van der Waals surface area (Å²) in [6, 6.07) is 6.84. The summed E-state index contributed by atoms with van der Waals surface area (Å²) >= 11 is 0. The van der Waals surface area contributed by atoms with E-state index in [1.54, 1.807) is 4.90 Å². The van der Waals surface area contributed by atoms with Crippen LogP contribution in [-0.4, -0.2) is 47.3 Å². The second kappa shape index (κ2) is 7.54. The summed E-state index contributed by atoms with van der Waals surface area (Å²) in [7, 11) is 0. The van der Waals surface area contributed by atoms with Crippen LogP contribution in [0, 0.1) is 5.92 Å². The van der Waals surface area contributed by atoms with Crippen molar-refractivity contribution in [3.8, 4) is 0 Å². The Morgan fingerprint density at radius 3 is 2.62 bits per heavy atom. The summed E-state index contributed by atoms with van der Waals surface area (Å²) in [6.07, 6.45) is 5.86. The number of piperidine rings is 2. The van der Waals surface area contributed by atoms with Gasteiger partial charge in [-0.05, 0) is 61.8 Å². The molecule has 4 aliphatic heterocycles. The highest BCUT2D eigenvalue weighted by Gasteiger charge is 2.39. The molecular weight excluding hydrogens is 368 g/mol. The lowest BCUT2D eigenvalue weighted by molar-refractivity contribution is -0.136. The minimum atomic E-state index is -0.551. The van der Waals surface area contributed by atoms with Gasteiger partial charge in [0.25, 0.3) is 5.91 Å². The van der Waals surface area contributed by atoms with Gasteiger partial charge in [0.05, 0.1) is 0 Å². The molecule has 4 atom stereocenters. The highest BCUT2D eigenvalue weighted by atomic mass is 16.2. The average molecular weight is 396 g/mol. The van der Waals surface area contributed by atoms with Gasteiger partial charge in [0.2, 0.25) is 11.8 Å². The van der Waals surface area contributed by atoms with Gasteiger partial charge in [-0.25, -0.2) is 0 Å². The monoisotopic (exact) mass is 396 g/mol. The molecule has 5 rings (SSSR count). The Hall–Kier alpha value is -2.25. The molecule has 2 bridgehead atoms. The summed E-state index contributed by atoms with van der Waals surface area (Å²) in [4.78, 5) is 37.9. The summed E-state index contributed by atoms with van der Waals surface area (Å²) in [6.45, 7) is 2.26. The third-order valence-electron chi connectivity index (χ3n) is 6.92. The lowest BCUT2D eigenvalue weighted by Crippen LogP contribution is -2.52. The van der Waals surface area contributed by atoms with Gasteiger partial charge in [0.1, 0.15) is 6.04 Å². The van der Waals surface area contributed by atoms with E-state index in [1.165, 1.54) is 31.2 Å². The number of fused-ring (bicyclic) bond motifs is 3. The minimum absolute atomic E-state index is 0.112. The van der Waals surface area contributed by atoms with E-state index in [-0.39, 0.29) is 24.1 Å². The highest BCUT2D eigenvalue weighted by Crippen LogP contribution is 2.31. The van der Waals surface area contributed by atoms with Crippen molar-refractivity contribution in [1.82, 2.24) is 20.9 Å². The van der Waals surface area contributed by atoms with E-state index in [2.05, 4.69) is 22.0 Å². The molecule has 3 saturated heterocycles. The van der Waals surface area contributed by atoms with Crippen LogP contribution in [0.15, 0.2) is 18.2 Å². The van der Waals surface area contributed by atoms with Gasteiger partial charge in [-0.2, -0.15) is 0 Å². The number of amides is 3. The molecule has 2 unspecified atom stereocenters. The van der Waals surface area contributed by atoms with Crippen LogP contribution in [-0.2, 0) is 22.7 Å². The van der Waals surface area contributed by atoms with Crippen LogP contribution < -0.4 is 16.0 Å². The maximum Gasteiger partial charge on any atom is 0.255 e. The summed E-state index contributed by atoms with van der Waals surface area (Å²) < 4.78 is 0. The minimum Gasteiger partial charge on any atom is -0.322 e. The molecule has 1 aromatic rings. The third-order valence-corrected chi connectivity index (χ3v) is 6.92. The molecule has 0 spiro atoms. The maximum absolute atomic E-state index is 12.8. The van der Waals surface area contributed by atoms with E-state index in [0.29, 0.717) is 30.6 Å². The van der Waals surface area contributed by atoms with Crippen LogP contribution in [0.3, 0.4) is 0 Å². The molecule has 29 heavy (non-hydrogen) atoms. The first-order chi connectivity index (χ1) is 14.1. The molecule has 7 heteroatoms. The molecule has 3 fully saturated rings. The molecule has 0 aliphatic carbocycles. The van der Waals surface area contributed by atoms with Gasteiger partial charge in [-0.3, -0.25) is 19.7 Å². The number of hydrogen-bond acceptors (Lipinski definition) is 5. The first kappa shape index (κ1) is 18.8. The quantitative estimate of drug-likeness (QED) is 0.648. The molecule has 0 saturated carbocycles. The Bertz CT molecular complexity index is 842. The van der Waals surface area contributed by atoms with E-state index in [1.807, 2.05) is 12.1 Å². The molecular formula is C22H28N4O3. The Morgan fingerprint density at radius 2 is 1.86 bits per heavy atom. The number of imide groups is 1. The van der Waals surface area contributed by atoms with Crippen molar-refractivity contribution in [2.45, 2.75) is 69.7 Å². The summed E-state index contributed by atoms with van der Waals surface area (Å²) in [5, 5.41) is 9.64. The molecule has 3 N–H and O–H groups in total. The van der Waals surface area contributed by atoms with Crippen molar-refractivity contribution in [1.29, 1.82) is 0 Å². The van der Waals surface area contributed by atoms with Crippen LogP contribution in [0.1, 0.15) is 60.0 Å². The fourth-order valence-corrected chi connectivity index (χ4v) is 5.50. The van der Waals surface area contributed by atoms with Gasteiger partial charge in [-0.15, -0.1) is 0 Å². The Labute approximate surface area is 170 Å². The molecule has 4 aliphatic rings. The summed E-state index contributed by atoms with van der Waals surface area (Å²) in [5.74, 6) is 0.0118. The van der Waals surface area contributed by atoms with Crippen molar-refractivity contribution >= 4 is 17.7 Å². The predicted molar refractivity (Wildman–Crippen MR) is 107 cm³/mol. The Kier molecular flexibility index (Phi) is 4.87. The number of nitrogens with zero attached hydrogens (tertiary/aromatic N) is 1. The van der Waals surface area contributed by atoms with E-state index in [4.69, 9.17) is 0 Å². The first-order valence-electron chi connectivity index (χ1n) is 10.8. The largest absolute Gasteiger partial charge is 0.322 e. The average Bonchev–Trinajstić information content (AvgIpc) is 3.20. The van der Waals surface area contributed by atoms with Crippen molar-refractivity contribution in [2.24, 2.45) is 5.92 Å². The van der Waals surface area contributed by atoms with Crippen molar-refractivity contribution in [2.75, 3.05) is 6.54 Å². The maximum atomic E-state index is 12.8. The molecule has 154 valence electrons. The van der Waals surface area contributed by atoms with Gasteiger partial charge < -0.3 is 15.5 Å². The number of rotatable bonds is 5. The normalized spacial score (nSPS) is 31.2. The zero-order valence-electron chi connectivity index (χ0n) is 16.6. The second-order valence-corrected chi connectivity index (χ2v) is 9.00. The summed E-state index contributed by atoms with van der Waals surface area (Å²) in [5.41, 5.74) is 2.81. The SMILES string of the molecule is O=C1CCC(N2Cc3cc(CNCC4C[C@H]5CC[C@@H](C4)N5)ccc3C2=O)C(=O)N1. The van der Waals surface area contributed by atoms with Crippen LogP contribution in [0.2, 0.25) is 0 Å². The zero-order valence-corrected chi connectivity index (χ0v) is 16.6. The van der Waals surface area contributed by atoms with Gasteiger partial charge >= 0.3 is 0 Å². The third kappa shape index (κ3) is 3.69. The molecule has 3 amide bonds. The number of hydrogen-bond donors (Lipinski definition) is 3. The van der Waals surface area contributed by atoms with E-state index < -0.39 is 6.04 Å². The van der Waals surface area contributed by atoms with Crippen molar-refractivity contribution in [3.63, 3.8) is 0 Å². The van der Waals surface area contributed by atoms with Gasteiger partial charge in [0, 0.05) is 37.2 Å². The lowest BCUT2D eigenvalue weighted by atomic mass is 9.92. The standard InChI is InChI=1S/C22H28N4O3/c27-20-6-5-19(21(28)25-20)26-12-15-7-13(1-4-18(15)22(26)29)10-23-11-14-8-16-2-3-17(9-14)24-16/h1,4,7,14,16-17,19,23-24H,2-3,5-6,8-12H2,(H,25,27,28)/t14?,16-,17+,19?. The number of benzene rings is 1. The van der Waals surface area contributed by atoms with Crippen molar-refractivity contribution < 1.29 is 14.4 Å². The van der Waals surface area contributed by atoms with E-state index in [9.17, 15) is 14.4 Å². The van der Waals surface area contributed by atoms with Crippen LogP contribution in [0.4, 0.5) is 0 Å². The van der Waals surface area contributed by atoms with Crippen LogP contribution in [0.25, 0.3) is 0 Å². The number of nitrogens with one attached hydrogen (secondary N) is 3. The van der Waals surface area contributed by atoms with Crippen LogP contribution >= 0.6 is 0 Å². The fourth-order valence-electron chi connectivity index (χ4n) is 5.50. The lowest BCUT2D eigenvalue weighted by Gasteiger charge is -2.29. The van der Waals surface area contributed by atoms with E-state index in [0.717, 1.165) is 24.6 Å². The molecule has 1 aromatic carbocycles. The fraction of sp³-hybridized carbons (Fsp3) is 0.591. The molecule has 7 nitrogen and oxygen atoms in total. The Balaban J connectivity index is 1.19. The van der Waals surface area contributed by atoms with E-state index >= 15 is 0 Å². The Morgan fingerprint density at radius 1 is 1.07 bits per heavy atom. The van der Waals surface area contributed by atoms with Crippen molar-refractivity contribution in [3.05, 3.63) is 34.9 Å². The van der Waals surface area contributed by atoms with Gasteiger partial charge in [-0.1, -0.05) is 12.1 Å². The zero-order chi connectivity index (χ0) is 20.0. The van der Waals surface area contributed by atoms with Gasteiger partial charge in [0.15, 0.2) is 0 Å². The number of carbonyl (C=O) groups excluding carboxylic acids is 3. The molecule has 0 radical (unpaired) electrons. The smallest absolute Gasteiger partial charge is 0.255 e. The first-order valence-corrected chi connectivity index (χ1v) is 10.8. The van der Waals surface area contributed by atoms with Crippen LogP contribution in [0.5, 0.6) is 0 Å².